The number of nitrogens with one attached hydrogen (secondary N) is 1. The molecule has 1 aliphatic rings. The van der Waals surface area contributed by atoms with Crippen LogP contribution in [0.5, 0.6) is 0 Å². The lowest BCUT2D eigenvalue weighted by molar-refractivity contribution is 0.0317. The monoisotopic (exact) mass is 474 g/mol. The Hall–Kier alpha value is -2.78. The zero-order chi connectivity index (χ0) is 24.5. The van der Waals surface area contributed by atoms with Crippen molar-refractivity contribution in [2.45, 2.75) is 58.5 Å². The average Bonchev–Trinajstić information content (AvgIpc) is 3.07. The molecule has 9 heteroatoms. The quantitative estimate of drug-likeness (QED) is 0.484. The molecule has 178 valence electrons. The van der Waals surface area contributed by atoms with Gasteiger partial charge in [-0.25, -0.2) is 13.2 Å². The minimum atomic E-state index is -3.62. The van der Waals surface area contributed by atoms with E-state index in [-0.39, 0.29) is 21.9 Å². The van der Waals surface area contributed by atoms with E-state index in [1.165, 1.54) is 42.4 Å². The second kappa shape index (κ2) is 9.61. The minimum Gasteiger partial charge on any atom is -0.451 e. The molecule has 33 heavy (non-hydrogen) atoms. The average molecular weight is 475 g/mol. The van der Waals surface area contributed by atoms with Crippen molar-refractivity contribution in [3.63, 3.8) is 0 Å². The number of piperidine rings is 1. The van der Waals surface area contributed by atoms with Crippen LogP contribution in [0, 0.1) is 19.8 Å². The summed E-state index contributed by atoms with van der Waals surface area (Å²) in [4.78, 5) is 40.2. The van der Waals surface area contributed by atoms with Crippen LogP contribution in [0.25, 0.3) is 0 Å². The van der Waals surface area contributed by atoms with Crippen LogP contribution in [0.15, 0.2) is 29.2 Å². The van der Waals surface area contributed by atoms with Crippen LogP contribution in [-0.2, 0) is 14.8 Å². The smallest absolute Gasteiger partial charge is 0.338 e. The van der Waals surface area contributed by atoms with Gasteiger partial charge in [-0.15, -0.1) is 0 Å². The third kappa shape index (κ3) is 5.09. The number of carbonyl (C=O) groups excluding carboxylic acids is 3. The Morgan fingerprint density at radius 3 is 2.18 bits per heavy atom. The zero-order valence-electron chi connectivity index (χ0n) is 19.6. The number of benzene rings is 1. The summed E-state index contributed by atoms with van der Waals surface area (Å²) in [6.45, 7) is 9.33. The summed E-state index contributed by atoms with van der Waals surface area (Å²) in [7, 11) is -3.62. The van der Waals surface area contributed by atoms with Gasteiger partial charge in [0, 0.05) is 24.3 Å². The maximum Gasteiger partial charge on any atom is 0.338 e. The molecule has 0 spiro atoms. The molecule has 3 rings (SSSR count). The second-order valence-electron chi connectivity index (χ2n) is 8.70. The number of hydrogen-bond acceptors (Lipinski definition) is 6. The van der Waals surface area contributed by atoms with Crippen LogP contribution in [-0.4, -0.2) is 54.4 Å². The highest BCUT2D eigenvalue weighted by molar-refractivity contribution is 7.89. The van der Waals surface area contributed by atoms with Crippen molar-refractivity contribution in [2.24, 2.45) is 5.92 Å². The van der Waals surface area contributed by atoms with E-state index in [1.54, 1.807) is 13.8 Å². The Morgan fingerprint density at radius 1 is 1.09 bits per heavy atom. The molecule has 0 radical (unpaired) electrons. The number of rotatable bonds is 7. The number of sulfonamides is 1. The highest BCUT2D eigenvalue weighted by Crippen LogP contribution is 2.24. The van der Waals surface area contributed by atoms with Gasteiger partial charge in [-0.05, 0) is 76.3 Å². The standard InChI is InChI=1S/C24H30N2O6S/c1-14-10-12-26(13-11-14)33(30,31)20-8-6-19(7-9-20)24(29)32-18(5)23(28)22-15(2)21(17(4)27)16(3)25-22/h6-9,14,18,25H,10-13H2,1-5H3. The van der Waals surface area contributed by atoms with Gasteiger partial charge < -0.3 is 9.72 Å². The summed E-state index contributed by atoms with van der Waals surface area (Å²) in [6.07, 6.45) is 0.555. The van der Waals surface area contributed by atoms with E-state index in [0.29, 0.717) is 35.8 Å². The maximum atomic E-state index is 12.8. The lowest BCUT2D eigenvalue weighted by atomic mass is 10.0. The van der Waals surface area contributed by atoms with Gasteiger partial charge in [-0.3, -0.25) is 9.59 Å². The van der Waals surface area contributed by atoms with E-state index in [0.717, 1.165) is 12.8 Å². The van der Waals surface area contributed by atoms with E-state index in [9.17, 15) is 22.8 Å². The molecule has 1 aromatic carbocycles. The van der Waals surface area contributed by atoms with Gasteiger partial charge in [0.25, 0.3) is 0 Å². The van der Waals surface area contributed by atoms with E-state index in [2.05, 4.69) is 11.9 Å². The molecule has 0 amide bonds. The molecule has 8 nitrogen and oxygen atoms in total. The molecule has 1 aromatic heterocycles. The number of ether oxygens (including phenoxy) is 1. The molecule has 0 bridgehead atoms. The Labute approximate surface area is 194 Å². The van der Waals surface area contributed by atoms with Gasteiger partial charge in [0.15, 0.2) is 11.9 Å². The fraction of sp³-hybridized carbons (Fsp3) is 0.458. The number of H-pyrrole nitrogens is 1. The predicted octanol–water partition coefficient (Wildman–Crippen LogP) is 3.68. The van der Waals surface area contributed by atoms with Crippen molar-refractivity contribution in [3.8, 4) is 0 Å². The number of esters is 1. The SMILES string of the molecule is CC(=O)c1c(C)[nH]c(C(=O)C(C)OC(=O)c2ccc(S(=O)(=O)N3CCC(C)CC3)cc2)c1C. The fourth-order valence-electron chi connectivity index (χ4n) is 4.15. The Bertz CT molecular complexity index is 1170. The summed E-state index contributed by atoms with van der Waals surface area (Å²) in [5.74, 6) is -0.834. The van der Waals surface area contributed by atoms with Crippen molar-refractivity contribution in [2.75, 3.05) is 13.1 Å². The number of hydrogen-bond donors (Lipinski definition) is 1. The van der Waals surface area contributed by atoms with E-state index >= 15 is 0 Å². The van der Waals surface area contributed by atoms with Gasteiger partial charge in [0.1, 0.15) is 0 Å². The van der Waals surface area contributed by atoms with Crippen molar-refractivity contribution in [1.29, 1.82) is 0 Å². The van der Waals surface area contributed by atoms with E-state index in [1.807, 2.05) is 0 Å². The first kappa shape index (κ1) is 24.9. The number of aromatic amines is 1. The molecule has 0 saturated carbocycles. The van der Waals surface area contributed by atoms with Gasteiger partial charge in [-0.2, -0.15) is 4.31 Å². The molecule has 2 aromatic rings. The molecular weight excluding hydrogens is 444 g/mol. The van der Waals surface area contributed by atoms with Gasteiger partial charge >= 0.3 is 5.97 Å². The molecule has 1 atom stereocenters. The van der Waals surface area contributed by atoms with Crippen LogP contribution in [0.2, 0.25) is 0 Å². The fourth-order valence-corrected chi connectivity index (χ4v) is 5.62. The number of aromatic nitrogens is 1. The first-order valence-electron chi connectivity index (χ1n) is 11.0. The summed E-state index contributed by atoms with van der Waals surface area (Å²) >= 11 is 0. The summed E-state index contributed by atoms with van der Waals surface area (Å²) in [5, 5.41) is 0. The normalized spacial score (nSPS) is 16.4. The largest absolute Gasteiger partial charge is 0.451 e. The molecule has 1 unspecified atom stereocenters. The summed E-state index contributed by atoms with van der Waals surface area (Å²) < 4.78 is 32.5. The molecular formula is C24H30N2O6S. The molecule has 1 fully saturated rings. The van der Waals surface area contributed by atoms with Crippen LogP contribution in [0.4, 0.5) is 0 Å². The van der Waals surface area contributed by atoms with Gasteiger partial charge in [-0.1, -0.05) is 6.92 Å². The molecule has 1 N–H and O–H groups in total. The first-order chi connectivity index (χ1) is 15.4. The lowest BCUT2D eigenvalue weighted by Crippen LogP contribution is -2.37. The molecule has 1 aliphatic heterocycles. The van der Waals surface area contributed by atoms with E-state index < -0.39 is 27.9 Å². The number of Topliss-reactive ketones (excluding diaryl/α,β-unsaturated/α-hetero) is 2. The van der Waals surface area contributed by atoms with Gasteiger partial charge in [0.2, 0.25) is 15.8 Å². The Kier molecular flexibility index (Phi) is 7.23. The minimum absolute atomic E-state index is 0.118. The van der Waals surface area contributed by atoms with E-state index in [4.69, 9.17) is 4.74 Å². The Balaban J connectivity index is 1.70. The van der Waals surface area contributed by atoms with Crippen molar-refractivity contribution >= 4 is 27.6 Å². The topological polar surface area (TPSA) is 114 Å². The zero-order valence-corrected chi connectivity index (χ0v) is 20.4. The van der Waals surface area contributed by atoms with Crippen LogP contribution in [0.3, 0.4) is 0 Å². The summed E-state index contributed by atoms with van der Waals surface area (Å²) in [5.41, 5.74) is 1.94. The first-order valence-corrected chi connectivity index (χ1v) is 12.4. The number of aryl methyl sites for hydroxylation is 1. The van der Waals surface area contributed by atoms with Crippen molar-refractivity contribution < 1.29 is 27.5 Å². The molecule has 0 aliphatic carbocycles. The summed E-state index contributed by atoms with van der Waals surface area (Å²) in [6, 6.07) is 5.54. The number of ketones is 2. The molecule has 1 saturated heterocycles. The van der Waals surface area contributed by atoms with Crippen LogP contribution >= 0.6 is 0 Å². The highest BCUT2D eigenvalue weighted by atomic mass is 32.2. The lowest BCUT2D eigenvalue weighted by Gasteiger charge is -2.29. The highest BCUT2D eigenvalue weighted by Gasteiger charge is 2.29. The van der Waals surface area contributed by atoms with Crippen LogP contribution < -0.4 is 0 Å². The molecule has 2 heterocycles. The number of carbonyl (C=O) groups is 3. The van der Waals surface area contributed by atoms with Gasteiger partial charge in [0.05, 0.1) is 16.2 Å². The van der Waals surface area contributed by atoms with Crippen molar-refractivity contribution in [3.05, 3.63) is 52.3 Å². The third-order valence-electron chi connectivity index (χ3n) is 6.16. The third-order valence-corrected chi connectivity index (χ3v) is 8.07. The van der Waals surface area contributed by atoms with Crippen molar-refractivity contribution in [1.82, 2.24) is 9.29 Å². The predicted molar refractivity (Wildman–Crippen MR) is 123 cm³/mol. The van der Waals surface area contributed by atoms with Crippen LogP contribution in [0.1, 0.15) is 76.1 Å². The maximum absolute atomic E-state index is 12.8. The Morgan fingerprint density at radius 2 is 1.67 bits per heavy atom. The second-order valence-corrected chi connectivity index (χ2v) is 10.6. The number of nitrogens with zero attached hydrogens (tertiary/aromatic N) is 1.